The van der Waals surface area contributed by atoms with Crippen molar-refractivity contribution in [2.75, 3.05) is 7.11 Å². The van der Waals surface area contributed by atoms with Crippen LogP contribution in [0, 0.1) is 0 Å². The van der Waals surface area contributed by atoms with Crippen molar-refractivity contribution < 1.29 is 13.9 Å². The molecular formula is C22H18N2O3S. The first kappa shape index (κ1) is 18.1. The molecule has 0 radical (unpaired) electrons. The van der Waals surface area contributed by atoms with Gasteiger partial charge in [-0.2, -0.15) is 0 Å². The van der Waals surface area contributed by atoms with E-state index in [9.17, 15) is 0 Å². The average Bonchev–Trinajstić information content (AvgIpc) is 3.23. The number of rotatable bonds is 7. The van der Waals surface area contributed by atoms with Gasteiger partial charge in [-0.15, -0.1) is 10.2 Å². The molecule has 0 N–H and O–H groups in total. The number of methoxy groups -OCH3 is 1. The van der Waals surface area contributed by atoms with Crippen LogP contribution in [-0.2, 0) is 5.75 Å². The molecule has 140 valence electrons. The summed E-state index contributed by atoms with van der Waals surface area (Å²) in [4.78, 5) is 0. The van der Waals surface area contributed by atoms with Crippen LogP contribution in [0.3, 0.4) is 0 Å². The Hall–Kier alpha value is -3.25. The van der Waals surface area contributed by atoms with Gasteiger partial charge in [0.15, 0.2) is 0 Å². The highest BCUT2D eigenvalue weighted by atomic mass is 32.2. The number of para-hydroxylation sites is 3. The zero-order valence-electron chi connectivity index (χ0n) is 15.2. The highest BCUT2D eigenvalue weighted by Gasteiger charge is 2.14. The van der Waals surface area contributed by atoms with Gasteiger partial charge in [-0.25, -0.2) is 0 Å². The number of ether oxygens (including phenoxy) is 2. The maximum Gasteiger partial charge on any atom is 0.277 e. The molecule has 1 aromatic heterocycles. The second-order valence-corrected chi connectivity index (χ2v) is 6.81. The predicted molar refractivity (Wildman–Crippen MR) is 109 cm³/mol. The van der Waals surface area contributed by atoms with E-state index in [-0.39, 0.29) is 0 Å². The average molecular weight is 390 g/mol. The standard InChI is InChI=1S/C22H18N2O3S/c1-25-20-14-8-6-12-18(20)21-23-24-22(27-21)28-15-16-9-5-7-13-19(16)26-17-10-3-2-4-11-17/h2-14H,15H2,1H3. The topological polar surface area (TPSA) is 57.4 Å². The van der Waals surface area contributed by atoms with Crippen molar-refractivity contribution in [3.8, 4) is 28.7 Å². The zero-order chi connectivity index (χ0) is 19.2. The smallest absolute Gasteiger partial charge is 0.277 e. The number of hydrogen-bond acceptors (Lipinski definition) is 6. The molecule has 3 aromatic carbocycles. The lowest BCUT2D eigenvalue weighted by Crippen LogP contribution is -1.90. The van der Waals surface area contributed by atoms with Crippen molar-refractivity contribution in [3.63, 3.8) is 0 Å². The van der Waals surface area contributed by atoms with Gasteiger partial charge in [-0.05, 0) is 30.3 Å². The molecule has 4 rings (SSSR count). The third kappa shape index (κ3) is 4.18. The molecule has 0 saturated heterocycles. The zero-order valence-corrected chi connectivity index (χ0v) is 16.1. The molecule has 0 saturated carbocycles. The molecule has 0 atom stereocenters. The highest BCUT2D eigenvalue weighted by molar-refractivity contribution is 7.98. The summed E-state index contributed by atoms with van der Waals surface area (Å²) in [6.45, 7) is 0. The minimum Gasteiger partial charge on any atom is -0.496 e. The van der Waals surface area contributed by atoms with Crippen molar-refractivity contribution in [2.24, 2.45) is 0 Å². The number of aromatic nitrogens is 2. The third-order valence-electron chi connectivity index (χ3n) is 4.04. The van der Waals surface area contributed by atoms with Crippen LogP contribution in [0.2, 0.25) is 0 Å². The van der Waals surface area contributed by atoms with Crippen molar-refractivity contribution in [3.05, 3.63) is 84.4 Å². The van der Waals surface area contributed by atoms with Gasteiger partial charge in [0, 0.05) is 11.3 Å². The van der Waals surface area contributed by atoms with E-state index in [2.05, 4.69) is 10.2 Å². The third-order valence-corrected chi connectivity index (χ3v) is 4.91. The summed E-state index contributed by atoms with van der Waals surface area (Å²) in [7, 11) is 1.62. The van der Waals surface area contributed by atoms with E-state index < -0.39 is 0 Å². The maximum atomic E-state index is 6.01. The molecule has 4 aromatic rings. The van der Waals surface area contributed by atoms with Gasteiger partial charge in [0.1, 0.15) is 17.2 Å². The molecule has 0 spiro atoms. The van der Waals surface area contributed by atoms with Gasteiger partial charge in [0.05, 0.1) is 12.7 Å². The number of benzene rings is 3. The Morgan fingerprint density at radius 3 is 2.36 bits per heavy atom. The lowest BCUT2D eigenvalue weighted by atomic mass is 10.2. The van der Waals surface area contributed by atoms with Gasteiger partial charge in [0.25, 0.3) is 11.1 Å². The largest absolute Gasteiger partial charge is 0.496 e. The second kappa shape index (κ2) is 8.63. The van der Waals surface area contributed by atoms with Crippen molar-refractivity contribution in [2.45, 2.75) is 11.0 Å². The van der Waals surface area contributed by atoms with Crippen LogP contribution in [-0.4, -0.2) is 17.3 Å². The normalized spacial score (nSPS) is 10.6. The van der Waals surface area contributed by atoms with Crippen LogP contribution in [0.1, 0.15) is 5.56 Å². The molecule has 0 amide bonds. The summed E-state index contributed by atoms with van der Waals surface area (Å²) >= 11 is 1.47. The quantitative estimate of drug-likeness (QED) is 0.370. The van der Waals surface area contributed by atoms with Gasteiger partial charge >= 0.3 is 0 Å². The summed E-state index contributed by atoms with van der Waals surface area (Å²) in [5, 5.41) is 8.79. The summed E-state index contributed by atoms with van der Waals surface area (Å²) in [5.74, 6) is 3.40. The van der Waals surface area contributed by atoms with E-state index in [0.717, 1.165) is 22.6 Å². The van der Waals surface area contributed by atoms with Crippen molar-refractivity contribution >= 4 is 11.8 Å². The first-order valence-corrected chi connectivity index (χ1v) is 9.72. The minimum atomic E-state index is 0.439. The van der Waals surface area contributed by atoms with E-state index in [0.29, 0.717) is 22.6 Å². The summed E-state index contributed by atoms with van der Waals surface area (Å²) in [5.41, 5.74) is 1.82. The van der Waals surface area contributed by atoms with Gasteiger partial charge in [-0.1, -0.05) is 60.3 Å². The van der Waals surface area contributed by atoms with Crippen molar-refractivity contribution in [1.82, 2.24) is 10.2 Å². The Labute approximate surface area is 167 Å². The minimum absolute atomic E-state index is 0.439. The lowest BCUT2D eigenvalue weighted by Gasteiger charge is -2.10. The molecule has 28 heavy (non-hydrogen) atoms. The highest BCUT2D eigenvalue weighted by Crippen LogP contribution is 2.33. The Morgan fingerprint density at radius 1 is 0.821 bits per heavy atom. The first-order valence-electron chi connectivity index (χ1n) is 8.74. The van der Waals surface area contributed by atoms with Crippen LogP contribution in [0.15, 0.2) is 88.5 Å². The number of hydrogen-bond donors (Lipinski definition) is 0. The number of thioether (sulfide) groups is 1. The molecule has 1 heterocycles. The molecule has 0 fully saturated rings. The van der Waals surface area contributed by atoms with E-state index in [4.69, 9.17) is 13.9 Å². The SMILES string of the molecule is COc1ccccc1-c1nnc(SCc2ccccc2Oc2ccccc2)o1. The fraction of sp³-hybridized carbons (Fsp3) is 0.0909. The molecule has 0 aliphatic heterocycles. The van der Waals surface area contributed by atoms with E-state index in [1.54, 1.807) is 7.11 Å². The monoisotopic (exact) mass is 390 g/mol. The van der Waals surface area contributed by atoms with Crippen LogP contribution in [0.25, 0.3) is 11.5 Å². The van der Waals surface area contributed by atoms with Crippen LogP contribution in [0.5, 0.6) is 17.2 Å². The predicted octanol–water partition coefficient (Wildman–Crippen LogP) is 5.83. The number of nitrogens with zero attached hydrogens (tertiary/aromatic N) is 2. The van der Waals surface area contributed by atoms with Crippen LogP contribution in [0.4, 0.5) is 0 Å². The fourth-order valence-electron chi connectivity index (χ4n) is 2.68. The van der Waals surface area contributed by atoms with E-state index in [1.165, 1.54) is 11.8 Å². The summed E-state index contributed by atoms with van der Waals surface area (Å²) < 4.78 is 17.2. The Morgan fingerprint density at radius 2 is 1.54 bits per heavy atom. The molecule has 6 heteroatoms. The van der Waals surface area contributed by atoms with Crippen molar-refractivity contribution in [1.29, 1.82) is 0 Å². The second-order valence-electron chi connectivity index (χ2n) is 5.88. The van der Waals surface area contributed by atoms with Crippen LogP contribution >= 0.6 is 11.8 Å². The molecule has 0 aliphatic carbocycles. The van der Waals surface area contributed by atoms with Crippen LogP contribution < -0.4 is 9.47 Å². The Balaban J connectivity index is 1.48. The molecular weight excluding hydrogens is 372 g/mol. The Bertz CT molecular complexity index is 1050. The van der Waals surface area contributed by atoms with Gasteiger partial charge in [0.2, 0.25) is 0 Å². The maximum absolute atomic E-state index is 6.01. The summed E-state index contributed by atoms with van der Waals surface area (Å²) in [6, 6.07) is 25.2. The van der Waals surface area contributed by atoms with Gasteiger partial charge in [-0.3, -0.25) is 0 Å². The molecule has 0 unspecified atom stereocenters. The molecule has 5 nitrogen and oxygen atoms in total. The molecule has 0 aliphatic rings. The molecule has 0 bridgehead atoms. The summed E-state index contributed by atoms with van der Waals surface area (Å²) in [6.07, 6.45) is 0. The lowest BCUT2D eigenvalue weighted by molar-refractivity contribution is 0.411. The van der Waals surface area contributed by atoms with Gasteiger partial charge < -0.3 is 13.9 Å². The first-order chi connectivity index (χ1) is 13.8. The van der Waals surface area contributed by atoms with E-state index in [1.807, 2.05) is 78.9 Å². The fourth-order valence-corrected chi connectivity index (χ4v) is 3.43. The van der Waals surface area contributed by atoms with E-state index >= 15 is 0 Å². The Kier molecular flexibility index (Phi) is 5.58.